The molecule has 0 heteroatoms. The highest BCUT2D eigenvalue weighted by Crippen LogP contribution is 2.55. The summed E-state index contributed by atoms with van der Waals surface area (Å²) in [6.45, 7) is 26.2. The van der Waals surface area contributed by atoms with E-state index in [1.807, 2.05) is 0 Å². The van der Waals surface area contributed by atoms with Gasteiger partial charge in [-0.05, 0) is 39.6 Å². The molecular weight excluding hydrogens is 288 g/mol. The predicted molar refractivity (Wildman–Crippen MR) is 108 cm³/mol. The van der Waals surface area contributed by atoms with Gasteiger partial charge in [0.2, 0.25) is 0 Å². The molecule has 0 radical (unpaired) electrons. The maximum Gasteiger partial charge on any atom is 0.0206 e. The van der Waals surface area contributed by atoms with Crippen LogP contribution in [0, 0.1) is 33.5 Å². The topological polar surface area (TPSA) is 0 Å². The van der Waals surface area contributed by atoms with Gasteiger partial charge in [0.05, 0.1) is 0 Å². The van der Waals surface area contributed by atoms with Crippen molar-refractivity contribution >= 4 is 0 Å². The van der Waals surface area contributed by atoms with Gasteiger partial charge in [0.25, 0.3) is 0 Å². The minimum Gasteiger partial charge on any atom is -0.0802 e. The molecule has 2 rings (SSSR count). The molecule has 24 heavy (non-hydrogen) atoms. The molecule has 1 unspecified atom stereocenters. The molecule has 2 aliphatic rings. The molecule has 0 amide bonds. The van der Waals surface area contributed by atoms with E-state index in [-0.39, 0.29) is 16.2 Å². The highest BCUT2D eigenvalue weighted by molar-refractivity contribution is 5.48. The molecule has 136 valence electrons. The van der Waals surface area contributed by atoms with E-state index >= 15 is 0 Å². The molecule has 0 nitrogen and oxygen atoms in total. The zero-order valence-corrected chi connectivity index (χ0v) is 18.1. The second-order valence-corrected chi connectivity index (χ2v) is 11.9. The van der Waals surface area contributed by atoms with Crippen molar-refractivity contribution in [2.24, 2.45) is 33.5 Å². The summed E-state index contributed by atoms with van der Waals surface area (Å²) in [7, 11) is 0. The van der Waals surface area contributed by atoms with Gasteiger partial charge in [-0.25, -0.2) is 0 Å². The molecule has 0 aliphatic heterocycles. The van der Waals surface area contributed by atoms with Gasteiger partial charge >= 0.3 is 0 Å². The van der Waals surface area contributed by atoms with Crippen molar-refractivity contribution in [1.82, 2.24) is 0 Å². The molecular formula is C24H40. The first kappa shape index (κ1) is 19.5. The molecule has 0 fully saturated rings. The monoisotopic (exact) mass is 328 g/mol. The Labute approximate surface area is 151 Å². The number of hydrogen-bond donors (Lipinski definition) is 0. The summed E-state index contributed by atoms with van der Waals surface area (Å²) in [6.07, 6.45) is 8.98. The summed E-state index contributed by atoms with van der Waals surface area (Å²) < 4.78 is 0. The smallest absolute Gasteiger partial charge is 0.0206 e. The third-order valence-corrected chi connectivity index (χ3v) is 6.06. The van der Waals surface area contributed by atoms with Crippen molar-refractivity contribution in [1.29, 1.82) is 0 Å². The zero-order valence-electron chi connectivity index (χ0n) is 18.1. The van der Waals surface area contributed by atoms with Crippen LogP contribution in [0.4, 0.5) is 0 Å². The molecule has 0 aromatic heterocycles. The van der Waals surface area contributed by atoms with Gasteiger partial charge in [-0.3, -0.25) is 0 Å². The van der Waals surface area contributed by atoms with Crippen LogP contribution in [0.2, 0.25) is 0 Å². The van der Waals surface area contributed by atoms with Gasteiger partial charge in [0.1, 0.15) is 0 Å². The summed E-state index contributed by atoms with van der Waals surface area (Å²) in [5.74, 6) is 1.16. The lowest BCUT2D eigenvalue weighted by molar-refractivity contribution is 0.241. The minimum atomic E-state index is 0.213. The molecule has 2 atom stereocenters. The van der Waals surface area contributed by atoms with Gasteiger partial charge in [-0.2, -0.15) is 0 Å². The molecule has 0 aromatic carbocycles. The fourth-order valence-electron chi connectivity index (χ4n) is 4.23. The third-order valence-electron chi connectivity index (χ3n) is 6.06. The summed E-state index contributed by atoms with van der Waals surface area (Å²) in [5.41, 5.74) is 5.83. The van der Waals surface area contributed by atoms with E-state index in [1.165, 1.54) is 12.0 Å². The Morgan fingerprint density at radius 1 is 0.833 bits per heavy atom. The van der Waals surface area contributed by atoms with Gasteiger partial charge in [-0.15, -0.1) is 0 Å². The van der Waals surface area contributed by atoms with E-state index in [2.05, 4.69) is 94.4 Å². The van der Waals surface area contributed by atoms with Crippen LogP contribution >= 0.6 is 0 Å². The maximum absolute atomic E-state index is 2.63. The van der Waals surface area contributed by atoms with Crippen LogP contribution in [-0.2, 0) is 0 Å². The van der Waals surface area contributed by atoms with Crippen LogP contribution in [0.15, 0.2) is 34.9 Å². The quantitative estimate of drug-likeness (QED) is 0.435. The summed E-state index contributed by atoms with van der Waals surface area (Å²) >= 11 is 0. The van der Waals surface area contributed by atoms with Crippen LogP contribution in [0.5, 0.6) is 0 Å². The van der Waals surface area contributed by atoms with Gasteiger partial charge < -0.3 is 0 Å². The fraction of sp³-hybridized carbons (Fsp3) is 0.750. The Hall–Kier alpha value is -0.780. The lowest BCUT2D eigenvalue weighted by Crippen LogP contribution is -2.23. The number of hydrogen-bond acceptors (Lipinski definition) is 0. The zero-order chi connectivity index (χ0) is 18.7. The second kappa shape index (κ2) is 5.61. The molecule has 0 aromatic rings. The Balaban J connectivity index is 2.52. The summed E-state index contributed by atoms with van der Waals surface area (Å²) in [6, 6.07) is 0. The number of allylic oxidation sites excluding steroid dienone is 6. The fourth-order valence-corrected chi connectivity index (χ4v) is 4.23. The third kappa shape index (κ3) is 3.73. The summed E-state index contributed by atoms with van der Waals surface area (Å²) in [4.78, 5) is 0. The largest absolute Gasteiger partial charge is 0.0802 e. The normalized spacial score (nSPS) is 27.9. The van der Waals surface area contributed by atoms with Crippen LogP contribution in [-0.4, -0.2) is 0 Å². The van der Waals surface area contributed by atoms with Crippen molar-refractivity contribution in [2.75, 3.05) is 0 Å². The Morgan fingerprint density at radius 3 is 1.75 bits per heavy atom. The second-order valence-electron chi connectivity index (χ2n) is 11.9. The Morgan fingerprint density at radius 2 is 1.38 bits per heavy atom. The lowest BCUT2D eigenvalue weighted by Gasteiger charge is -2.34. The van der Waals surface area contributed by atoms with Gasteiger partial charge in [-0.1, -0.05) is 106 Å². The molecule has 0 saturated carbocycles. The molecule has 0 saturated heterocycles. The highest BCUT2D eigenvalue weighted by Gasteiger charge is 2.44. The maximum atomic E-state index is 2.63. The van der Waals surface area contributed by atoms with Crippen molar-refractivity contribution < 1.29 is 0 Å². The van der Waals surface area contributed by atoms with Crippen molar-refractivity contribution in [3.05, 3.63) is 34.9 Å². The Kier molecular flexibility index (Phi) is 4.57. The van der Waals surface area contributed by atoms with Crippen molar-refractivity contribution in [3.8, 4) is 0 Å². The average molecular weight is 329 g/mol. The molecule has 0 N–H and O–H groups in total. The van der Waals surface area contributed by atoms with E-state index in [4.69, 9.17) is 0 Å². The van der Waals surface area contributed by atoms with Crippen molar-refractivity contribution in [3.63, 3.8) is 0 Å². The van der Waals surface area contributed by atoms with E-state index in [1.54, 1.807) is 11.1 Å². The van der Waals surface area contributed by atoms with Crippen LogP contribution < -0.4 is 0 Å². The summed E-state index contributed by atoms with van der Waals surface area (Å²) in [5, 5.41) is 0. The van der Waals surface area contributed by atoms with Crippen LogP contribution in [0.25, 0.3) is 0 Å². The first-order valence-corrected chi connectivity index (χ1v) is 9.70. The van der Waals surface area contributed by atoms with Gasteiger partial charge in [0.15, 0.2) is 0 Å². The van der Waals surface area contributed by atoms with Crippen LogP contribution in [0.1, 0.15) is 82.6 Å². The molecule has 2 aliphatic carbocycles. The number of rotatable bonds is 1. The standard InChI is InChI=1S/C24H40/c1-21(2,3)16-12-18(19(13-16)23(7,8)9)20-14-17(22(4,5)6)15-24(20,10)11/h12-14,17-18H,15H2,1-11H3/t17-,18?/m1/s1. The van der Waals surface area contributed by atoms with Crippen LogP contribution in [0.3, 0.4) is 0 Å². The first-order chi connectivity index (χ1) is 10.5. The Bertz CT molecular complexity index is 585. The molecule has 0 heterocycles. The SMILES string of the molecule is CC(C)(C)C1=CC(C2=C[C@@H](C(C)(C)C)CC2(C)C)C(C(C)(C)C)=C1. The lowest BCUT2D eigenvalue weighted by atomic mass is 9.71. The minimum absolute atomic E-state index is 0.213. The highest BCUT2D eigenvalue weighted by atomic mass is 14.5. The van der Waals surface area contributed by atoms with Crippen molar-refractivity contribution in [2.45, 2.75) is 82.6 Å². The average Bonchev–Trinajstić information content (AvgIpc) is 2.86. The van der Waals surface area contributed by atoms with E-state index < -0.39 is 0 Å². The van der Waals surface area contributed by atoms with E-state index in [0.717, 1.165) is 0 Å². The van der Waals surface area contributed by atoms with E-state index in [0.29, 0.717) is 17.3 Å². The van der Waals surface area contributed by atoms with E-state index in [9.17, 15) is 0 Å². The molecule has 0 spiro atoms. The first-order valence-electron chi connectivity index (χ1n) is 9.70. The van der Waals surface area contributed by atoms with Gasteiger partial charge in [0, 0.05) is 5.92 Å². The molecule has 0 bridgehead atoms. The predicted octanol–water partition coefficient (Wildman–Crippen LogP) is 7.58.